The van der Waals surface area contributed by atoms with E-state index in [0.29, 0.717) is 30.8 Å². The lowest BCUT2D eigenvalue weighted by Gasteiger charge is -2.15. The van der Waals surface area contributed by atoms with Gasteiger partial charge in [0.25, 0.3) is 5.91 Å². The van der Waals surface area contributed by atoms with Gasteiger partial charge in [0.2, 0.25) is 11.8 Å². The summed E-state index contributed by atoms with van der Waals surface area (Å²) in [6.45, 7) is 4.95. The highest BCUT2D eigenvalue weighted by molar-refractivity contribution is 7.98. The summed E-state index contributed by atoms with van der Waals surface area (Å²) in [6.07, 6.45) is 1.54. The van der Waals surface area contributed by atoms with Gasteiger partial charge in [-0.1, -0.05) is 23.9 Å². The van der Waals surface area contributed by atoms with Crippen molar-refractivity contribution in [1.29, 1.82) is 0 Å². The zero-order chi connectivity index (χ0) is 21.5. The maximum absolute atomic E-state index is 12.2. The molecule has 1 aliphatic heterocycles. The Hall–Kier alpha value is -2.94. The zero-order valence-corrected chi connectivity index (χ0v) is 17.9. The van der Waals surface area contributed by atoms with Crippen LogP contribution in [0, 0.1) is 13.8 Å². The van der Waals surface area contributed by atoms with Crippen molar-refractivity contribution in [2.75, 3.05) is 13.1 Å². The maximum atomic E-state index is 12.2. The molecule has 1 aromatic heterocycles. The third kappa shape index (κ3) is 6.28. The van der Waals surface area contributed by atoms with E-state index in [1.54, 1.807) is 17.0 Å². The molecule has 0 saturated carbocycles. The fourth-order valence-corrected chi connectivity index (χ4v) is 4.00. The van der Waals surface area contributed by atoms with Crippen LogP contribution in [-0.4, -0.2) is 45.7 Å². The summed E-state index contributed by atoms with van der Waals surface area (Å²) >= 11 is 1.54. The van der Waals surface area contributed by atoms with Gasteiger partial charge in [-0.2, -0.15) is 0 Å². The van der Waals surface area contributed by atoms with Gasteiger partial charge < -0.3 is 4.90 Å². The van der Waals surface area contributed by atoms with Crippen molar-refractivity contribution < 1.29 is 14.4 Å². The van der Waals surface area contributed by atoms with E-state index in [9.17, 15) is 14.4 Å². The summed E-state index contributed by atoms with van der Waals surface area (Å²) in [4.78, 5) is 46.1. The van der Waals surface area contributed by atoms with Gasteiger partial charge >= 0.3 is 0 Å². The number of benzene rings is 1. The predicted molar refractivity (Wildman–Crippen MR) is 114 cm³/mol. The van der Waals surface area contributed by atoms with Crippen LogP contribution < -0.4 is 10.9 Å². The minimum absolute atomic E-state index is 0.0779. The zero-order valence-electron chi connectivity index (χ0n) is 17.1. The Labute approximate surface area is 179 Å². The van der Waals surface area contributed by atoms with Crippen LogP contribution in [0.25, 0.3) is 0 Å². The summed E-state index contributed by atoms with van der Waals surface area (Å²) in [5.74, 6) is 0.0488. The molecule has 0 aliphatic carbocycles. The van der Waals surface area contributed by atoms with E-state index in [1.807, 2.05) is 32.0 Å². The Morgan fingerprint density at radius 3 is 2.43 bits per heavy atom. The molecule has 1 fully saturated rings. The van der Waals surface area contributed by atoms with E-state index >= 15 is 0 Å². The van der Waals surface area contributed by atoms with Crippen molar-refractivity contribution in [3.05, 3.63) is 52.8 Å². The van der Waals surface area contributed by atoms with Crippen molar-refractivity contribution in [3.8, 4) is 0 Å². The molecular weight excluding hydrogens is 402 g/mol. The second-order valence-corrected chi connectivity index (χ2v) is 8.10. The fourth-order valence-electron chi connectivity index (χ4n) is 3.10. The minimum atomic E-state index is -0.391. The number of carbonyl (C=O) groups excluding carboxylic acids is 3. The topological polar surface area (TPSA) is 104 Å². The van der Waals surface area contributed by atoms with E-state index in [2.05, 4.69) is 20.8 Å². The van der Waals surface area contributed by atoms with E-state index in [4.69, 9.17) is 0 Å². The molecule has 1 aromatic carbocycles. The molecule has 0 spiro atoms. The number of likely N-dealkylation sites (tertiary alicyclic amines) is 1. The Bertz CT molecular complexity index is 912. The molecule has 0 radical (unpaired) electrons. The highest BCUT2D eigenvalue weighted by Crippen LogP contribution is 2.20. The number of carbonyl (C=O) groups is 3. The largest absolute Gasteiger partial charge is 0.342 e. The van der Waals surface area contributed by atoms with Gasteiger partial charge in [0.05, 0.1) is 0 Å². The molecule has 9 heteroatoms. The summed E-state index contributed by atoms with van der Waals surface area (Å²) in [5.41, 5.74) is 8.16. The van der Waals surface area contributed by atoms with E-state index in [-0.39, 0.29) is 18.2 Å². The lowest BCUT2D eigenvalue weighted by Crippen LogP contribution is -2.42. The highest BCUT2D eigenvalue weighted by atomic mass is 32.2. The first-order valence-corrected chi connectivity index (χ1v) is 10.8. The van der Waals surface area contributed by atoms with Gasteiger partial charge in [0.1, 0.15) is 0 Å². The lowest BCUT2D eigenvalue weighted by molar-refractivity contribution is -0.128. The van der Waals surface area contributed by atoms with Crippen molar-refractivity contribution in [3.63, 3.8) is 0 Å². The molecule has 0 bridgehead atoms. The lowest BCUT2D eigenvalue weighted by atomic mass is 10.1. The van der Waals surface area contributed by atoms with Crippen LogP contribution in [0.5, 0.6) is 0 Å². The fraction of sp³-hybridized carbons (Fsp3) is 0.381. The van der Waals surface area contributed by atoms with Gasteiger partial charge in [0, 0.05) is 48.6 Å². The maximum Gasteiger partial charge on any atom is 0.269 e. The molecule has 1 aliphatic rings. The number of aryl methyl sites for hydroxylation is 2. The first kappa shape index (κ1) is 21.8. The molecule has 3 rings (SSSR count). The van der Waals surface area contributed by atoms with E-state index in [0.717, 1.165) is 28.5 Å². The van der Waals surface area contributed by atoms with E-state index < -0.39 is 5.91 Å². The van der Waals surface area contributed by atoms with Gasteiger partial charge in [-0.05, 0) is 44.0 Å². The standard InChI is InChI=1S/C21H25N5O3S/c1-14-12-15(2)23-21(22-14)30-13-16-5-7-17(8-6-16)20(29)25-24-18(27)9-11-26-10-3-4-19(26)28/h5-8,12H,3-4,9-11,13H2,1-2H3,(H,24,27)(H,25,29). The first-order valence-electron chi connectivity index (χ1n) is 9.82. The number of aromatic nitrogens is 2. The smallest absolute Gasteiger partial charge is 0.269 e. The van der Waals surface area contributed by atoms with Crippen LogP contribution in [0.2, 0.25) is 0 Å². The number of hydrogen-bond acceptors (Lipinski definition) is 6. The molecule has 0 unspecified atom stereocenters. The van der Waals surface area contributed by atoms with Crippen LogP contribution >= 0.6 is 11.8 Å². The van der Waals surface area contributed by atoms with Crippen molar-refractivity contribution in [1.82, 2.24) is 25.7 Å². The molecule has 2 heterocycles. The molecule has 0 atom stereocenters. The van der Waals surface area contributed by atoms with Gasteiger partial charge in [0.15, 0.2) is 5.16 Å². The normalized spacial score (nSPS) is 13.4. The van der Waals surface area contributed by atoms with Crippen LogP contribution in [0.4, 0.5) is 0 Å². The molecule has 8 nitrogen and oxygen atoms in total. The summed E-state index contributed by atoms with van der Waals surface area (Å²) < 4.78 is 0. The number of hydrazine groups is 1. The third-order valence-corrected chi connectivity index (χ3v) is 5.56. The number of hydrogen-bond donors (Lipinski definition) is 2. The molecule has 158 valence electrons. The summed E-state index contributed by atoms with van der Waals surface area (Å²) in [6, 6.07) is 9.09. The number of nitrogens with one attached hydrogen (secondary N) is 2. The Morgan fingerprint density at radius 1 is 1.10 bits per heavy atom. The average Bonchev–Trinajstić information content (AvgIpc) is 3.13. The summed E-state index contributed by atoms with van der Waals surface area (Å²) in [7, 11) is 0. The number of rotatable bonds is 7. The summed E-state index contributed by atoms with van der Waals surface area (Å²) in [5, 5.41) is 0.729. The van der Waals surface area contributed by atoms with Crippen LogP contribution in [-0.2, 0) is 15.3 Å². The highest BCUT2D eigenvalue weighted by Gasteiger charge is 2.20. The Morgan fingerprint density at radius 2 is 1.80 bits per heavy atom. The SMILES string of the molecule is Cc1cc(C)nc(SCc2ccc(C(=O)NNC(=O)CCN3CCCC3=O)cc2)n1. The second-order valence-electron chi connectivity index (χ2n) is 7.16. The van der Waals surface area contributed by atoms with Crippen molar-refractivity contribution >= 4 is 29.5 Å². The van der Waals surface area contributed by atoms with Crippen LogP contribution in [0.1, 0.15) is 46.6 Å². The third-order valence-electron chi connectivity index (χ3n) is 4.64. The molecule has 30 heavy (non-hydrogen) atoms. The second kappa shape index (κ2) is 10.2. The molecule has 2 N–H and O–H groups in total. The van der Waals surface area contributed by atoms with Crippen LogP contribution in [0.3, 0.4) is 0 Å². The Kier molecular flexibility index (Phi) is 7.40. The minimum Gasteiger partial charge on any atom is -0.342 e. The van der Waals surface area contributed by atoms with Crippen LogP contribution in [0.15, 0.2) is 35.5 Å². The van der Waals surface area contributed by atoms with Crippen molar-refractivity contribution in [2.24, 2.45) is 0 Å². The molecule has 3 amide bonds. The molecule has 1 saturated heterocycles. The number of thioether (sulfide) groups is 1. The first-order chi connectivity index (χ1) is 14.4. The van der Waals surface area contributed by atoms with Gasteiger partial charge in [-0.25, -0.2) is 9.97 Å². The Balaban J connectivity index is 1.42. The molecule has 2 aromatic rings. The number of nitrogens with zero attached hydrogens (tertiary/aromatic N) is 3. The monoisotopic (exact) mass is 427 g/mol. The predicted octanol–water partition coefficient (Wildman–Crippen LogP) is 2.16. The average molecular weight is 428 g/mol. The molecular formula is C21H25N5O3S. The van der Waals surface area contributed by atoms with Gasteiger partial charge in [-0.3, -0.25) is 25.2 Å². The van der Waals surface area contributed by atoms with Gasteiger partial charge in [-0.15, -0.1) is 0 Å². The van der Waals surface area contributed by atoms with Crippen molar-refractivity contribution in [2.45, 2.75) is 44.0 Å². The number of amides is 3. The van der Waals surface area contributed by atoms with E-state index in [1.165, 1.54) is 11.8 Å². The quantitative estimate of drug-likeness (QED) is 0.399.